The Bertz CT molecular complexity index is 587. The molecule has 1 heterocycles. The van der Waals surface area contributed by atoms with Crippen molar-refractivity contribution in [2.45, 2.75) is 24.9 Å². The lowest BCUT2D eigenvalue weighted by Gasteiger charge is -2.11. The second-order valence-corrected chi connectivity index (χ2v) is 5.05. The molecule has 0 radical (unpaired) electrons. The quantitative estimate of drug-likeness (QED) is 0.867. The lowest BCUT2D eigenvalue weighted by molar-refractivity contribution is -0.118. The smallest absolute Gasteiger partial charge is 0.244 e. The van der Waals surface area contributed by atoms with Gasteiger partial charge in [-0.25, -0.2) is 4.98 Å². The van der Waals surface area contributed by atoms with E-state index in [-0.39, 0.29) is 5.91 Å². The van der Waals surface area contributed by atoms with Crippen molar-refractivity contribution < 1.29 is 4.79 Å². The lowest BCUT2D eigenvalue weighted by Crippen LogP contribution is -2.37. The predicted octanol–water partition coefficient (Wildman–Crippen LogP) is 1.36. The maximum Gasteiger partial charge on any atom is 0.244 e. The first-order valence-corrected chi connectivity index (χ1v) is 6.31. The number of aromatic nitrogens is 2. The van der Waals surface area contributed by atoms with Gasteiger partial charge in [-0.05, 0) is 30.5 Å². The molecule has 0 atom stereocenters. The van der Waals surface area contributed by atoms with Crippen LogP contribution in [0.15, 0.2) is 43.0 Å². The van der Waals surface area contributed by atoms with Crippen LogP contribution < -0.4 is 11.1 Å². The second-order valence-electron chi connectivity index (χ2n) is 5.05. The number of nitrogens with one attached hydrogen (secondary N) is 1. The fourth-order valence-electron chi connectivity index (χ4n) is 1.96. The number of hydrogen-bond acceptors (Lipinski definition) is 3. The molecule has 0 unspecified atom stereocenters. The van der Waals surface area contributed by atoms with Gasteiger partial charge in [0.15, 0.2) is 0 Å². The zero-order chi connectivity index (χ0) is 13.3. The molecule has 5 nitrogen and oxygen atoms in total. The highest BCUT2D eigenvalue weighted by atomic mass is 16.2. The molecule has 2 aromatic rings. The number of hydrogen-bond donors (Lipinski definition) is 2. The van der Waals surface area contributed by atoms with Gasteiger partial charge < -0.3 is 15.6 Å². The average molecular weight is 256 g/mol. The number of nitrogens with zero attached hydrogens (tertiary/aromatic N) is 2. The van der Waals surface area contributed by atoms with Crippen molar-refractivity contribution in [1.82, 2.24) is 9.55 Å². The standard InChI is InChI=1S/C14H16N4O/c15-14(4-5-14)13(19)17-12-3-1-2-11(8-12)9-18-7-6-16-10-18/h1-3,6-8,10H,4-5,9,15H2,(H,17,19). The molecule has 5 heteroatoms. The molecular weight excluding hydrogens is 240 g/mol. The van der Waals surface area contributed by atoms with Gasteiger partial charge >= 0.3 is 0 Å². The highest BCUT2D eigenvalue weighted by Crippen LogP contribution is 2.33. The highest BCUT2D eigenvalue weighted by Gasteiger charge is 2.45. The van der Waals surface area contributed by atoms with Crippen molar-refractivity contribution in [3.05, 3.63) is 48.5 Å². The van der Waals surface area contributed by atoms with Crippen molar-refractivity contribution in [2.75, 3.05) is 5.32 Å². The minimum atomic E-state index is -0.639. The van der Waals surface area contributed by atoms with E-state index in [1.54, 1.807) is 12.5 Å². The van der Waals surface area contributed by atoms with Crippen LogP contribution in [0.5, 0.6) is 0 Å². The van der Waals surface area contributed by atoms with Gasteiger partial charge in [0.1, 0.15) is 0 Å². The number of carbonyl (C=O) groups excluding carboxylic acids is 1. The molecule has 1 saturated carbocycles. The molecule has 0 saturated heterocycles. The summed E-state index contributed by atoms with van der Waals surface area (Å²) in [6, 6.07) is 7.79. The van der Waals surface area contributed by atoms with E-state index in [2.05, 4.69) is 10.3 Å². The van der Waals surface area contributed by atoms with Crippen LogP contribution in [-0.4, -0.2) is 21.0 Å². The summed E-state index contributed by atoms with van der Waals surface area (Å²) >= 11 is 0. The predicted molar refractivity (Wildman–Crippen MR) is 72.6 cm³/mol. The van der Waals surface area contributed by atoms with E-state index in [9.17, 15) is 4.79 Å². The maximum absolute atomic E-state index is 11.9. The molecule has 0 aliphatic heterocycles. The van der Waals surface area contributed by atoms with E-state index in [1.165, 1.54) is 0 Å². The number of nitrogens with two attached hydrogens (primary N) is 1. The van der Waals surface area contributed by atoms with Gasteiger partial charge in [-0.2, -0.15) is 0 Å². The zero-order valence-electron chi connectivity index (χ0n) is 10.5. The van der Waals surface area contributed by atoms with E-state index >= 15 is 0 Å². The molecule has 1 aliphatic carbocycles. The Kier molecular flexibility index (Phi) is 2.83. The number of rotatable bonds is 4. The van der Waals surface area contributed by atoms with Gasteiger partial charge in [-0.1, -0.05) is 12.1 Å². The van der Waals surface area contributed by atoms with Crippen molar-refractivity contribution in [3.63, 3.8) is 0 Å². The summed E-state index contributed by atoms with van der Waals surface area (Å²) in [4.78, 5) is 15.9. The minimum absolute atomic E-state index is 0.0905. The molecule has 1 aromatic carbocycles. The number of anilines is 1. The Morgan fingerprint density at radius 1 is 1.47 bits per heavy atom. The van der Waals surface area contributed by atoms with Crippen LogP contribution in [0.1, 0.15) is 18.4 Å². The van der Waals surface area contributed by atoms with Gasteiger partial charge in [0.2, 0.25) is 5.91 Å². The SMILES string of the molecule is NC1(C(=O)Nc2cccc(Cn3ccnc3)c2)CC1. The zero-order valence-corrected chi connectivity index (χ0v) is 10.5. The first-order chi connectivity index (χ1) is 9.16. The van der Waals surface area contributed by atoms with Crippen LogP contribution in [0.25, 0.3) is 0 Å². The average Bonchev–Trinajstić information content (AvgIpc) is 2.95. The first-order valence-electron chi connectivity index (χ1n) is 6.31. The third kappa shape index (κ3) is 2.66. The van der Waals surface area contributed by atoms with Gasteiger partial charge in [-0.3, -0.25) is 4.79 Å². The summed E-state index contributed by atoms with van der Waals surface area (Å²) < 4.78 is 1.98. The Hall–Kier alpha value is -2.14. The molecule has 19 heavy (non-hydrogen) atoms. The summed E-state index contributed by atoms with van der Waals surface area (Å²) in [7, 11) is 0. The molecule has 0 bridgehead atoms. The number of imidazole rings is 1. The normalized spacial score (nSPS) is 16.1. The van der Waals surface area contributed by atoms with Gasteiger partial charge in [0.05, 0.1) is 11.9 Å². The van der Waals surface area contributed by atoms with Crippen molar-refractivity contribution >= 4 is 11.6 Å². The Balaban J connectivity index is 1.71. The van der Waals surface area contributed by atoms with Crippen LogP contribution in [0.4, 0.5) is 5.69 Å². The Labute approximate surface area is 111 Å². The van der Waals surface area contributed by atoms with Gasteiger partial charge in [0, 0.05) is 24.6 Å². The van der Waals surface area contributed by atoms with Gasteiger partial charge in [0.25, 0.3) is 0 Å². The lowest BCUT2D eigenvalue weighted by atomic mass is 10.2. The number of benzene rings is 1. The molecule has 1 amide bonds. The number of amides is 1. The second kappa shape index (κ2) is 4.51. The topological polar surface area (TPSA) is 72.9 Å². The third-order valence-electron chi connectivity index (χ3n) is 3.35. The van der Waals surface area contributed by atoms with Crippen molar-refractivity contribution in [1.29, 1.82) is 0 Å². The fourth-order valence-corrected chi connectivity index (χ4v) is 1.96. The molecule has 1 fully saturated rings. The molecule has 1 aromatic heterocycles. The van der Waals surface area contributed by atoms with Crippen LogP contribution in [0, 0.1) is 0 Å². The monoisotopic (exact) mass is 256 g/mol. The van der Waals surface area contributed by atoms with E-state index in [1.807, 2.05) is 35.0 Å². The molecule has 3 rings (SSSR count). The van der Waals surface area contributed by atoms with E-state index in [0.29, 0.717) is 0 Å². The van der Waals surface area contributed by atoms with Crippen LogP contribution >= 0.6 is 0 Å². The summed E-state index contributed by atoms with van der Waals surface area (Å²) in [5.41, 5.74) is 7.12. The summed E-state index contributed by atoms with van der Waals surface area (Å²) in [6.45, 7) is 0.734. The maximum atomic E-state index is 11.9. The van der Waals surface area contributed by atoms with Gasteiger partial charge in [-0.15, -0.1) is 0 Å². The van der Waals surface area contributed by atoms with E-state index in [4.69, 9.17) is 5.73 Å². The third-order valence-corrected chi connectivity index (χ3v) is 3.35. The van der Waals surface area contributed by atoms with Crippen LogP contribution in [0.2, 0.25) is 0 Å². The molecule has 1 aliphatic rings. The van der Waals surface area contributed by atoms with Crippen LogP contribution in [0.3, 0.4) is 0 Å². The Morgan fingerprint density at radius 2 is 2.32 bits per heavy atom. The van der Waals surface area contributed by atoms with Crippen molar-refractivity contribution in [2.24, 2.45) is 5.73 Å². The molecular formula is C14H16N4O. The first kappa shape index (κ1) is 11.9. The summed E-state index contributed by atoms with van der Waals surface area (Å²) in [5.74, 6) is -0.0905. The van der Waals surface area contributed by atoms with Crippen LogP contribution in [-0.2, 0) is 11.3 Å². The minimum Gasteiger partial charge on any atom is -0.333 e. The van der Waals surface area contributed by atoms with E-state index < -0.39 is 5.54 Å². The Morgan fingerprint density at radius 3 is 3.00 bits per heavy atom. The molecule has 3 N–H and O–H groups in total. The fraction of sp³-hybridized carbons (Fsp3) is 0.286. The van der Waals surface area contributed by atoms with E-state index in [0.717, 1.165) is 30.6 Å². The number of carbonyl (C=O) groups is 1. The molecule has 98 valence electrons. The summed E-state index contributed by atoms with van der Waals surface area (Å²) in [6.07, 6.45) is 6.96. The summed E-state index contributed by atoms with van der Waals surface area (Å²) in [5, 5.41) is 2.88. The largest absolute Gasteiger partial charge is 0.333 e. The molecule has 0 spiro atoms. The highest BCUT2D eigenvalue weighted by molar-refractivity contribution is 6.00. The van der Waals surface area contributed by atoms with Crippen molar-refractivity contribution in [3.8, 4) is 0 Å².